The zero-order valence-electron chi connectivity index (χ0n) is 13.8. The number of benzene rings is 1. The van der Waals surface area contributed by atoms with Gasteiger partial charge in [0.15, 0.2) is 0 Å². The Morgan fingerprint density at radius 3 is 2.00 bits per heavy atom. The Labute approximate surface area is 130 Å². The predicted octanol–water partition coefficient (Wildman–Crippen LogP) is 5.47. The lowest BCUT2D eigenvalue weighted by molar-refractivity contribution is 0.130. The van der Waals surface area contributed by atoms with Gasteiger partial charge in [0, 0.05) is 12.7 Å². The molecule has 1 aromatic carbocycles. The molecule has 0 spiro atoms. The van der Waals surface area contributed by atoms with Gasteiger partial charge in [-0.3, -0.25) is 0 Å². The molecule has 0 N–H and O–H groups in total. The van der Waals surface area contributed by atoms with Gasteiger partial charge in [-0.1, -0.05) is 64.3 Å². The molecule has 0 aliphatic rings. The van der Waals surface area contributed by atoms with E-state index in [9.17, 15) is 0 Å². The fraction of sp³-hybridized carbons (Fsp3) is 0.444. The number of hydrogen-bond donors (Lipinski definition) is 0. The molecule has 0 aromatic heterocycles. The first-order valence-electron chi connectivity index (χ1n) is 7.68. The lowest BCUT2D eigenvalue weighted by atomic mass is 10.0. The first kappa shape index (κ1) is 17.7. The Morgan fingerprint density at radius 2 is 1.57 bits per heavy atom. The van der Waals surface area contributed by atoms with Gasteiger partial charge < -0.3 is 9.16 Å². The van der Waals surface area contributed by atoms with Crippen LogP contribution in [0.25, 0.3) is 0 Å². The smallest absolute Gasteiger partial charge is 0.250 e. The van der Waals surface area contributed by atoms with Gasteiger partial charge in [-0.05, 0) is 23.7 Å². The first-order chi connectivity index (χ1) is 10.0. The van der Waals surface area contributed by atoms with Crippen LogP contribution in [-0.2, 0) is 9.16 Å². The zero-order valence-corrected chi connectivity index (χ0v) is 14.8. The highest BCUT2D eigenvalue weighted by Crippen LogP contribution is 2.33. The molecular weight excluding hydrogens is 276 g/mol. The van der Waals surface area contributed by atoms with Crippen LogP contribution >= 0.6 is 0 Å². The molecule has 0 saturated carbocycles. The molecule has 1 rings (SSSR count). The highest BCUT2D eigenvalue weighted by molar-refractivity contribution is 6.73. The van der Waals surface area contributed by atoms with E-state index in [4.69, 9.17) is 9.16 Å². The summed E-state index contributed by atoms with van der Waals surface area (Å²) in [5, 5.41) is 0. The molecule has 3 heteroatoms. The van der Waals surface area contributed by atoms with Crippen LogP contribution in [0.4, 0.5) is 0 Å². The number of methoxy groups -OCH3 is 1. The fourth-order valence-corrected chi connectivity index (χ4v) is 5.13. The van der Waals surface area contributed by atoms with Crippen LogP contribution < -0.4 is 0 Å². The number of ether oxygens (including phenoxy) is 1. The number of hydrogen-bond acceptors (Lipinski definition) is 2. The van der Waals surface area contributed by atoms with Gasteiger partial charge in [-0.15, -0.1) is 0 Å². The second-order valence-corrected chi connectivity index (χ2v) is 10.0. The second-order valence-electron chi connectivity index (χ2n) is 5.32. The summed E-state index contributed by atoms with van der Waals surface area (Å²) in [5.74, 6) is 0.683. The third kappa shape index (κ3) is 4.32. The summed E-state index contributed by atoms with van der Waals surface area (Å²) in [4.78, 5) is 0. The average molecular weight is 305 g/mol. The van der Waals surface area contributed by atoms with Gasteiger partial charge in [0.05, 0.1) is 0 Å². The first-order valence-corrected chi connectivity index (χ1v) is 10.2. The second kappa shape index (κ2) is 8.20. The minimum absolute atomic E-state index is 0.198. The summed E-state index contributed by atoms with van der Waals surface area (Å²) in [6, 6.07) is 13.4. The Morgan fingerprint density at radius 1 is 1.05 bits per heavy atom. The van der Waals surface area contributed by atoms with E-state index < -0.39 is 8.32 Å². The molecule has 0 saturated heterocycles. The van der Waals surface area contributed by atoms with Crippen molar-refractivity contribution in [2.45, 2.75) is 45.0 Å². The van der Waals surface area contributed by atoms with Crippen molar-refractivity contribution in [2.75, 3.05) is 7.11 Å². The Bertz CT molecular complexity index is 455. The third-order valence-electron chi connectivity index (χ3n) is 4.29. The standard InChI is InChI=1S/C18H28O2Si/c1-7-21(8-2,9-3)20-16(5)15(4)18(19-6)17-13-11-10-12-14-17/h10-14,18H,4-5,7-9H2,1-3,6H3. The quantitative estimate of drug-likeness (QED) is 0.342. The summed E-state index contributed by atoms with van der Waals surface area (Å²) in [5.41, 5.74) is 1.89. The molecule has 2 nitrogen and oxygen atoms in total. The van der Waals surface area contributed by atoms with Crippen LogP contribution in [0.3, 0.4) is 0 Å². The normalized spacial score (nSPS) is 12.8. The average Bonchev–Trinajstić information content (AvgIpc) is 2.54. The highest BCUT2D eigenvalue weighted by Gasteiger charge is 2.32. The molecule has 21 heavy (non-hydrogen) atoms. The lowest BCUT2D eigenvalue weighted by Crippen LogP contribution is -2.35. The van der Waals surface area contributed by atoms with Crippen molar-refractivity contribution in [3.8, 4) is 0 Å². The SMILES string of the molecule is C=C(O[Si](CC)(CC)CC)C(=C)C(OC)c1ccccc1. The molecule has 0 fully saturated rings. The monoisotopic (exact) mass is 304 g/mol. The lowest BCUT2D eigenvalue weighted by Gasteiger charge is -2.32. The van der Waals surface area contributed by atoms with Crippen molar-refractivity contribution in [2.24, 2.45) is 0 Å². The molecule has 0 bridgehead atoms. The maximum absolute atomic E-state index is 6.32. The predicted molar refractivity (Wildman–Crippen MR) is 92.8 cm³/mol. The van der Waals surface area contributed by atoms with Gasteiger partial charge >= 0.3 is 0 Å². The van der Waals surface area contributed by atoms with E-state index in [0.29, 0.717) is 5.76 Å². The van der Waals surface area contributed by atoms with Crippen molar-refractivity contribution in [3.05, 3.63) is 60.4 Å². The topological polar surface area (TPSA) is 18.5 Å². The molecular formula is C18H28O2Si. The van der Waals surface area contributed by atoms with Crippen LogP contribution in [0.1, 0.15) is 32.4 Å². The molecule has 0 aliphatic heterocycles. The van der Waals surface area contributed by atoms with Crippen molar-refractivity contribution in [1.82, 2.24) is 0 Å². The minimum Gasteiger partial charge on any atom is -0.544 e. The molecule has 116 valence electrons. The summed E-state index contributed by atoms with van der Waals surface area (Å²) in [6.07, 6.45) is -0.198. The Kier molecular flexibility index (Phi) is 6.92. The molecule has 0 aliphatic carbocycles. The minimum atomic E-state index is -1.72. The maximum Gasteiger partial charge on any atom is 0.250 e. The van der Waals surface area contributed by atoms with E-state index >= 15 is 0 Å². The molecule has 1 aromatic rings. The van der Waals surface area contributed by atoms with Crippen LogP contribution in [0.15, 0.2) is 54.8 Å². The van der Waals surface area contributed by atoms with Crippen molar-refractivity contribution in [1.29, 1.82) is 0 Å². The van der Waals surface area contributed by atoms with Crippen molar-refractivity contribution >= 4 is 8.32 Å². The van der Waals surface area contributed by atoms with Crippen LogP contribution in [0.2, 0.25) is 18.1 Å². The van der Waals surface area contributed by atoms with E-state index in [0.717, 1.165) is 29.3 Å². The summed E-state index contributed by atoms with van der Waals surface area (Å²) in [6.45, 7) is 14.9. The van der Waals surface area contributed by atoms with Crippen LogP contribution in [0, 0.1) is 0 Å². The van der Waals surface area contributed by atoms with E-state index in [2.05, 4.69) is 33.9 Å². The van der Waals surface area contributed by atoms with Crippen LogP contribution in [0.5, 0.6) is 0 Å². The number of rotatable bonds is 9. The van der Waals surface area contributed by atoms with Gasteiger partial charge in [0.2, 0.25) is 8.32 Å². The third-order valence-corrected chi connectivity index (χ3v) is 8.83. The van der Waals surface area contributed by atoms with Gasteiger partial charge in [-0.25, -0.2) is 0 Å². The maximum atomic E-state index is 6.32. The van der Waals surface area contributed by atoms with E-state index in [1.165, 1.54) is 0 Å². The van der Waals surface area contributed by atoms with Crippen molar-refractivity contribution < 1.29 is 9.16 Å². The van der Waals surface area contributed by atoms with Gasteiger partial charge in [0.25, 0.3) is 0 Å². The van der Waals surface area contributed by atoms with E-state index in [1.54, 1.807) is 7.11 Å². The highest BCUT2D eigenvalue weighted by atomic mass is 28.4. The molecule has 0 radical (unpaired) electrons. The molecule has 0 amide bonds. The van der Waals surface area contributed by atoms with Crippen LogP contribution in [-0.4, -0.2) is 15.4 Å². The molecule has 0 heterocycles. The summed E-state index contributed by atoms with van der Waals surface area (Å²) in [7, 11) is -0.0240. The molecule has 1 unspecified atom stereocenters. The van der Waals surface area contributed by atoms with E-state index in [-0.39, 0.29) is 6.10 Å². The Hall–Kier alpha value is -1.32. The zero-order chi connectivity index (χ0) is 15.9. The van der Waals surface area contributed by atoms with Gasteiger partial charge in [0.1, 0.15) is 11.9 Å². The summed E-state index contributed by atoms with van der Waals surface area (Å²) >= 11 is 0. The molecule has 1 atom stereocenters. The summed E-state index contributed by atoms with van der Waals surface area (Å²) < 4.78 is 11.9. The van der Waals surface area contributed by atoms with Gasteiger partial charge in [-0.2, -0.15) is 0 Å². The van der Waals surface area contributed by atoms with E-state index in [1.807, 2.05) is 30.3 Å². The van der Waals surface area contributed by atoms with Crippen molar-refractivity contribution in [3.63, 3.8) is 0 Å². The Balaban J connectivity index is 2.88. The largest absolute Gasteiger partial charge is 0.544 e. The fourth-order valence-electron chi connectivity index (χ4n) is 2.55.